The van der Waals surface area contributed by atoms with Crippen LogP contribution in [-0.2, 0) is 6.61 Å². The van der Waals surface area contributed by atoms with Crippen LogP contribution < -0.4 is 4.74 Å². The van der Waals surface area contributed by atoms with Gasteiger partial charge in [-0.1, -0.05) is 93.9 Å². The van der Waals surface area contributed by atoms with E-state index < -0.39 is 0 Å². The predicted molar refractivity (Wildman–Crippen MR) is 142 cm³/mol. The minimum absolute atomic E-state index is 0.202. The van der Waals surface area contributed by atoms with Gasteiger partial charge in [-0.25, -0.2) is 4.98 Å². The molecular formula is C28H18BrN3O2S. The van der Waals surface area contributed by atoms with E-state index in [2.05, 4.69) is 38.6 Å². The summed E-state index contributed by atoms with van der Waals surface area (Å²) in [4.78, 5) is 10.5. The SMILES string of the molecule is Brc1ccc(-c2cc(COc3nc(-c4ccccc4)nc4scc(-c5ccccc5)c34)on2)cc1. The third-order valence-electron chi connectivity index (χ3n) is 5.57. The lowest BCUT2D eigenvalue weighted by Gasteiger charge is -2.09. The second kappa shape index (κ2) is 9.44. The molecule has 0 spiro atoms. The van der Waals surface area contributed by atoms with E-state index in [1.807, 2.05) is 78.9 Å². The first-order valence-corrected chi connectivity index (χ1v) is 12.7. The third-order valence-corrected chi connectivity index (χ3v) is 6.97. The van der Waals surface area contributed by atoms with Crippen LogP contribution in [-0.4, -0.2) is 15.1 Å². The Labute approximate surface area is 214 Å². The van der Waals surface area contributed by atoms with Gasteiger partial charge in [0.15, 0.2) is 18.2 Å². The summed E-state index contributed by atoms with van der Waals surface area (Å²) in [6.07, 6.45) is 0. The van der Waals surface area contributed by atoms with Gasteiger partial charge < -0.3 is 9.26 Å². The van der Waals surface area contributed by atoms with Crippen molar-refractivity contribution in [3.63, 3.8) is 0 Å². The van der Waals surface area contributed by atoms with E-state index in [9.17, 15) is 0 Å². The number of thiophene rings is 1. The maximum Gasteiger partial charge on any atom is 0.227 e. The van der Waals surface area contributed by atoms with Crippen molar-refractivity contribution in [2.24, 2.45) is 0 Å². The van der Waals surface area contributed by atoms with E-state index in [1.165, 1.54) is 0 Å². The zero-order valence-electron chi connectivity index (χ0n) is 18.4. The molecule has 35 heavy (non-hydrogen) atoms. The smallest absolute Gasteiger partial charge is 0.227 e. The zero-order chi connectivity index (χ0) is 23.6. The van der Waals surface area contributed by atoms with Gasteiger partial charge in [0.1, 0.15) is 10.5 Å². The van der Waals surface area contributed by atoms with Crippen LogP contribution in [0.2, 0.25) is 0 Å². The monoisotopic (exact) mass is 539 g/mol. The molecule has 3 aromatic carbocycles. The van der Waals surface area contributed by atoms with Gasteiger partial charge in [-0.05, 0) is 17.7 Å². The van der Waals surface area contributed by atoms with Crippen molar-refractivity contribution >= 4 is 37.5 Å². The first-order chi connectivity index (χ1) is 17.2. The molecule has 0 bridgehead atoms. The molecule has 0 unspecified atom stereocenters. The maximum atomic E-state index is 6.27. The van der Waals surface area contributed by atoms with Gasteiger partial charge in [-0.3, -0.25) is 0 Å². The number of hydrogen-bond acceptors (Lipinski definition) is 6. The van der Waals surface area contributed by atoms with Crippen molar-refractivity contribution in [1.82, 2.24) is 15.1 Å². The van der Waals surface area contributed by atoms with Gasteiger partial charge >= 0.3 is 0 Å². The van der Waals surface area contributed by atoms with Crippen LogP contribution in [0.1, 0.15) is 5.76 Å². The summed E-state index contributed by atoms with van der Waals surface area (Å²) in [5, 5.41) is 7.21. The topological polar surface area (TPSA) is 61.0 Å². The lowest BCUT2D eigenvalue weighted by molar-refractivity contribution is 0.244. The van der Waals surface area contributed by atoms with E-state index in [0.717, 1.165) is 42.6 Å². The average Bonchev–Trinajstić information content (AvgIpc) is 3.56. The molecule has 3 heterocycles. The van der Waals surface area contributed by atoms with Crippen LogP contribution >= 0.6 is 27.3 Å². The molecule has 0 fully saturated rings. The maximum absolute atomic E-state index is 6.27. The fourth-order valence-corrected chi connectivity index (χ4v) is 5.04. The van der Waals surface area contributed by atoms with Crippen LogP contribution in [0.4, 0.5) is 0 Å². The summed E-state index contributed by atoms with van der Waals surface area (Å²) >= 11 is 5.05. The molecule has 0 radical (unpaired) electrons. The largest absolute Gasteiger partial charge is 0.469 e. The number of halogens is 1. The summed E-state index contributed by atoms with van der Waals surface area (Å²) in [5.74, 6) is 1.77. The molecule has 3 aromatic heterocycles. The normalized spacial score (nSPS) is 11.1. The van der Waals surface area contributed by atoms with Crippen molar-refractivity contribution < 1.29 is 9.26 Å². The Morgan fingerprint density at radius 1 is 0.800 bits per heavy atom. The Kier molecular flexibility index (Phi) is 5.86. The highest BCUT2D eigenvalue weighted by atomic mass is 79.9. The molecule has 6 rings (SSSR count). The molecule has 0 amide bonds. The number of hydrogen-bond donors (Lipinski definition) is 0. The summed E-state index contributed by atoms with van der Waals surface area (Å²) in [7, 11) is 0. The van der Waals surface area contributed by atoms with Gasteiger partial charge in [-0.2, -0.15) is 4.98 Å². The number of aromatic nitrogens is 3. The number of fused-ring (bicyclic) bond motifs is 1. The van der Waals surface area contributed by atoms with Gasteiger partial charge in [0, 0.05) is 32.6 Å². The Hall–Kier alpha value is -3.81. The summed E-state index contributed by atoms with van der Waals surface area (Å²) in [5.41, 5.74) is 4.81. The van der Waals surface area contributed by atoms with Crippen LogP contribution in [0.25, 0.3) is 44.0 Å². The minimum Gasteiger partial charge on any atom is -0.469 e. The van der Waals surface area contributed by atoms with E-state index in [4.69, 9.17) is 19.2 Å². The highest BCUT2D eigenvalue weighted by Gasteiger charge is 2.18. The Morgan fingerprint density at radius 2 is 1.51 bits per heavy atom. The molecule has 0 aliphatic rings. The molecule has 7 heteroatoms. The fourth-order valence-electron chi connectivity index (χ4n) is 3.84. The number of benzene rings is 3. The minimum atomic E-state index is 0.202. The number of nitrogens with zero attached hydrogens (tertiary/aromatic N) is 3. The average molecular weight is 540 g/mol. The fraction of sp³-hybridized carbons (Fsp3) is 0.0357. The van der Waals surface area contributed by atoms with E-state index in [1.54, 1.807) is 11.3 Å². The van der Waals surface area contributed by atoms with Crippen molar-refractivity contribution in [3.8, 4) is 39.7 Å². The van der Waals surface area contributed by atoms with Crippen molar-refractivity contribution in [3.05, 3.63) is 107 Å². The molecule has 0 saturated carbocycles. The molecule has 0 aliphatic heterocycles. The zero-order valence-corrected chi connectivity index (χ0v) is 20.8. The molecule has 5 nitrogen and oxygen atoms in total. The second-order valence-corrected chi connectivity index (χ2v) is 9.66. The van der Waals surface area contributed by atoms with E-state index in [0.29, 0.717) is 17.5 Å². The van der Waals surface area contributed by atoms with Crippen molar-refractivity contribution in [1.29, 1.82) is 0 Å². The molecule has 170 valence electrons. The lowest BCUT2D eigenvalue weighted by Crippen LogP contribution is -2.00. The molecule has 6 aromatic rings. The number of rotatable bonds is 6. The Morgan fingerprint density at radius 3 is 2.26 bits per heavy atom. The summed E-state index contributed by atoms with van der Waals surface area (Å²) in [6, 6.07) is 30.0. The Balaban J connectivity index is 1.37. The molecule has 0 N–H and O–H groups in total. The molecule has 0 atom stereocenters. The molecular weight excluding hydrogens is 522 g/mol. The van der Waals surface area contributed by atoms with Gasteiger partial charge in [0.2, 0.25) is 5.88 Å². The van der Waals surface area contributed by atoms with Gasteiger partial charge in [0.05, 0.1) is 5.39 Å². The first-order valence-electron chi connectivity index (χ1n) is 11.0. The third kappa shape index (κ3) is 4.48. The molecule has 0 saturated heterocycles. The lowest BCUT2D eigenvalue weighted by atomic mass is 10.1. The quantitative estimate of drug-likeness (QED) is 0.214. The second-order valence-electron chi connectivity index (χ2n) is 7.89. The van der Waals surface area contributed by atoms with Crippen LogP contribution in [0.3, 0.4) is 0 Å². The van der Waals surface area contributed by atoms with Crippen molar-refractivity contribution in [2.45, 2.75) is 6.61 Å². The predicted octanol–water partition coefficient (Wildman–Crippen LogP) is 8.02. The molecule has 0 aliphatic carbocycles. The Bertz CT molecular complexity index is 1600. The standard InChI is InChI=1S/C28H18BrN3O2S/c29-21-13-11-19(12-14-21)24-15-22(34-32-24)16-33-27-25-23(18-7-3-1-4-8-18)17-35-28(25)31-26(30-27)20-9-5-2-6-10-20/h1-15,17H,16H2. The summed E-state index contributed by atoms with van der Waals surface area (Å²) in [6.45, 7) is 0.202. The van der Waals surface area contributed by atoms with Crippen molar-refractivity contribution in [2.75, 3.05) is 0 Å². The highest BCUT2D eigenvalue weighted by Crippen LogP contribution is 2.39. The van der Waals surface area contributed by atoms with E-state index in [-0.39, 0.29) is 6.61 Å². The highest BCUT2D eigenvalue weighted by molar-refractivity contribution is 9.10. The van der Waals surface area contributed by atoms with Crippen LogP contribution in [0, 0.1) is 0 Å². The first kappa shape index (κ1) is 21.7. The van der Waals surface area contributed by atoms with Crippen LogP contribution in [0.15, 0.2) is 105 Å². The van der Waals surface area contributed by atoms with Gasteiger partial charge in [0.25, 0.3) is 0 Å². The van der Waals surface area contributed by atoms with Crippen LogP contribution in [0.5, 0.6) is 5.88 Å². The summed E-state index contributed by atoms with van der Waals surface area (Å²) < 4.78 is 12.9. The van der Waals surface area contributed by atoms with Gasteiger partial charge in [-0.15, -0.1) is 11.3 Å². The van der Waals surface area contributed by atoms with E-state index >= 15 is 0 Å². The number of ether oxygens (including phenoxy) is 1.